The Hall–Kier alpha value is -1.76. The molecule has 1 heterocycles. The summed E-state index contributed by atoms with van der Waals surface area (Å²) in [5.41, 5.74) is 3.99. The Balaban J connectivity index is 0.000000514. The fraction of sp³-hybridized carbons (Fsp3) is 0.250. The van der Waals surface area contributed by atoms with Crippen LogP contribution in [0, 0.1) is 6.92 Å². The minimum absolute atomic E-state index is 1.31. The van der Waals surface area contributed by atoms with Crippen LogP contribution in [0.4, 0.5) is 0 Å². The van der Waals surface area contributed by atoms with Gasteiger partial charge in [-0.3, -0.25) is 0 Å². The minimum atomic E-state index is 1.31. The fourth-order valence-corrected chi connectivity index (χ4v) is 2.44. The summed E-state index contributed by atoms with van der Waals surface area (Å²) in [7, 11) is 2.14. The molecule has 2 aromatic carbocycles. The topological polar surface area (TPSA) is 4.93 Å². The molecule has 1 heteroatoms. The van der Waals surface area contributed by atoms with Crippen LogP contribution in [0.2, 0.25) is 0 Å². The molecule has 0 aliphatic carbocycles. The molecule has 0 spiro atoms. The zero-order valence-electron chi connectivity index (χ0n) is 11.0. The normalized spacial score (nSPS) is 10.4. The lowest BCUT2D eigenvalue weighted by Gasteiger charge is -2.00. The Kier molecular flexibility index (Phi) is 3.19. The average Bonchev–Trinajstić information content (AvgIpc) is 2.68. The molecule has 0 radical (unpaired) electrons. The Bertz CT molecular complexity index is 647. The Morgan fingerprint density at radius 3 is 2.24 bits per heavy atom. The van der Waals surface area contributed by atoms with Gasteiger partial charge >= 0.3 is 0 Å². The largest absolute Gasteiger partial charge is 0.343 e. The molecule has 3 aromatic rings. The van der Waals surface area contributed by atoms with Crippen LogP contribution in [0.5, 0.6) is 0 Å². The summed E-state index contributed by atoms with van der Waals surface area (Å²) in [6, 6.07) is 15.1. The SMILES string of the molecule is CC.Cc1cccc2c3ccccc3n(C)c12. The van der Waals surface area contributed by atoms with E-state index in [0.29, 0.717) is 0 Å². The van der Waals surface area contributed by atoms with E-state index >= 15 is 0 Å². The number of aryl methyl sites for hydroxylation is 2. The number of hydrogen-bond donors (Lipinski definition) is 0. The van der Waals surface area contributed by atoms with Gasteiger partial charge in [-0.05, 0) is 18.6 Å². The van der Waals surface area contributed by atoms with Crippen molar-refractivity contribution in [3.05, 3.63) is 48.0 Å². The Morgan fingerprint density at radius 1 is 0.824 bits per heavy atom. The number of hydrogen-bond acceptors (Lipinski definition) is 0. The molecule has 1 aromatic heterocycles. The highest BCUT2D eigenvalue weighted by molar-refractivity contribution is 6.08. The summed E-state index contributed by atoms with van der Waals surface area (Å²) >= 11 is 0. The van der Waals surface area contributed by atoms with E-state index in [1.54, 1.807) is 0 Å². The number of rotatable bonds is 0. The lowest BCUT2D eigenvalue weighted by atomic mass is 10.1. The molecular weight excluding hydrogens is 206 g/mol. The van der Waals surface area contributed by atoms with Gasteiger partial charge < -0.3 is 4.57 Å². The third-order valence-electron chi connectivity index (χ3n) is 3.13. The number of nitrogens with zero attached hydrogens (tertiary/aromatic N) is 1. The Labute approximate surface area is 103 Å². The van der Waals surface area contributed by atoms with Crippen LogP contribution in [0.15, 0.2) is 42.5 Å². The van der Waals surface area contributed by atoms with E-state index in [1.165, 1.54) is 27.4 Å². The van der Waals surface area contributed by atoms with Crippen LogP contribution < -0.4 is 0 Å². The van der Waals surface area contributed by atoms with E-state index in [-0.39, 0.29) is 0 Å². The minimum Gasteiger partial charge on any atom is -0.343 e. The lowest BCUT2D eigenvalue weighted by molar-refractivity contribution is 1.01. The molecule has 88 valence electrons. The maximum Gasteiger partial charge on any atom is 0.0518 e. The van der Waals surface area contributed by atoms with Gasteiger partial charge in [0, 0.05) is 23.3 Å². The molecule has 3 rings (SSSR count). The second-order valence-corrected chi connectivity index (χ2v) is 4.05. The number of benzene rings is 2. The summed E-state index contributed by atoms with van der Waals surface area (Å²) < 4.78 is 2.28. The molecular formula is C16H19N. The number of para-hydroxylation sites is 2. The molecule has 0 saturated heterocycles. The summed E-state index contributed by atoms with van der Waals surface area (Å²) in [5.74, 6) is 0. The van der Waals surface area contributed by atoms with Crippen molar-refractivity contribution in [1.82, 2.24) is 4.57 Å². The van der Waals surface area contributed by atoms with Gasteiger partial charge in [0.2, 0.25) is 0 Å². The third kappa shape index (κ3) is 1.72. The molecule has 0 unspecified atom stereocenters. The average molecular weight is 225 g/mol. The summed E-state index contributed by atoms with van der Waals surface area (Å²) in [4.78, 5) is 0. The van der Waals surface area contributed by atoms with Crippen molar-refractivity contribution in [3.8, 4) is 0 Å². The standard InChI is InChI=1S/C14H13N.C2H6/c1-10-6-5-8-12-11-7-3-4-9-13(11)15(2)14(10)12;1-2/h3-9H,1-2H3;1-2H3. The van der Waals surface area contributed by atoms with Crippen LogP contribution in [0.25, 0.3) is 21.8 Å². The van der Waals surface area contributed by atoms with Gasteiger partial charge in [-0.2, -0.15) is 0 Å². The summed E-state index contributed by atoms with van der Waals surface area (Å²) in [6.45, 7) is 6.17. The smallest absolute Gasteiger partial charge is 0.0518 e. The summed E-state index contributed by atoms with van der Waals surface area (Å²) in [5, 5.41) is 2.70. The van der Waals surface area contributed by atoms with Gasteiger partial charge in [-0.15, -0.1) is 0 Å². The van der Waals surface area contributed by atoms with Crippen molar-refractivity contribution >= 4 is 21.8 Å². The highest BCUT2D eigenvalue weighted by atomic mass is 14.9. The second kappa shape index (κ2) is 4.62. The molecule has 0 aliphatic rings. The zero-order chi connectivity index (χ0) is 12.4. The van der Waals surface area contributed by atoms with Crippen LogP contribution in [-0.2, 0) is 7.05 Å². The van der Waals surface area contributed by atoms with Gasteiger partial charge in [-0.1, -0.05) is 50.2 Å². The first-order valence-electron chi connectivity index (χ1n) is 6.22. The van der Waals surface area contributed by atoms with Crippen LogP contribution in [0.1, 0.15) is 19.4 Å². The van der Waals surface area contributed by atoms with Gasteiger partial charge in [0.05, 0.1) is 5.52 Å². The van der Waals surface area contributed by atoms with E-state index in [1.807, 2.05) is 13.8 Å². The highest BCUT2D eigenvalue weighted by Crippen LogP contribution is 2.29. The van der Waals surface area contributed by atoms with E-state index in [0.717, 1.165) is 0 Å². The van der Waals surface area contributed by atoms with Gasteiger partial charge in [0.1, 0.15) is 0 Å². The summed E-state index contributed by atoms with van der Waals surface area (Å²) in [6.07, 6.45) is 0. The first kappa shape index (κ1) is 11.7. The predicted molar refractivity (Wildman–Crippen MR) is 76.5 cm³/mol. The van der Waals surface area contributed by atoms with Crippen molar-refractivity contribution in [2.45, 2.75) is 20.8 Å². The molecule has 1 nitrogen and oxygen atoms in total. The third-order valence-corrected chi connectivity index (χ3v) is 3.13. The monoisotopic (exact) mass is 225 g/mol. The molecule has 0 amide bonds. The first-order valence-corrected chi connectivity index (χ1v) is 6.22. The lowest BCUT2D eigenvalue weighted by Crippen LogP contribution is -1.88. The molecule has 0 fully saturated rings. The van der Waals surface area contributed by atoms with Gasteiger partial charge in [-0.25, -0.2) is 0 Å². The molecule has 0 bridgehead atoms. The quantitative estimate of drug-likeness (QED) is 0.524. The van der Waals surface area contributed by atoms with Crippen molar-refractivity contribution in [2.75, 3.05) is 0 Å². The maximum absolute atomic E-state index is 2.28. The van der Waals surface area contributed by atoms with E-state index in [2.05, 4.69) is 61.0 Å². The molecule has 0 aliphatic heterocycles. The molecule has 0 saturated carbocycles. The second-order valence-electron chi connectivity index (χ2n) is 4.05. The van der Waals surface area contributed by atoms with Gasteiger partial charge in [0.15, 0.2) is 0 Å². The van der Waals surface area contributed by atoms with Crippen LogP contribution in [0.3, 0.4) is 0 Å². The predicted octanol–water partition coefficient (Wildman–Crippen LogP) is 4.67. The number of aromatic nitrogens is 1. The first-order chi connectivity index (χ1) is 8.29. The molecule has 0 atom stereocenters. The zero-order valence-corrected chi connectivity index (χ0v) is 11.0. The molecule has 17 heavy (non-hydrogen) atoms. The number of fused-ring (bicyclic) bond motifs is 3. The van der Waals surface area contributed by atoms with E-state index in [4.69, 9.17) is 0 Å². The van der Waals surface area contributed by atoms with E-state index < -0.39 is 0 Å². The maximum atomic E-state index is 2.28. The fourth-order valence-electron chi connectivity index (χ4n) is 2.44. The van der Waals surface area contributed by atoms with Crippen molar-refractivity contribution < 1.29 is 0 Å². The van der Waals surface area contributed by atoms with Crippen LogP contribution in [-0.4, -0.2) is 4.57 Å². The highest BCUT2D eigenvalue weighted by Gasteiger charge is 2.07. The molecule has 0 N–H and O–H groups in total. The van der Waals surface area contributed by atoms with Crippen molar-refractivity contribution in [3.63, 3.8) is 0 Å². The van der Waals surface area contributed by atoms with Crippen LogP contribution >= 0.6 is 0 Å². The van der Waals surface area contributed by atoms with Gasteiger partial charge in [0.25, 0.3) is 0 Å². The van der Waals surface area contributed by atoms with E-state index in [9.17, 15) is 0 Å². The van der Waals surface area contributed by atoms with Crippen molar-refractivity contribution in [2.24, 2.45) is 7.05 Å². The van der Waals surface area contributed by atoms with Crippen molar-refractivity contribution in [1.29, 1.82) is 0 Å². The Morgan fingerprint density at radius 2 is 1.47 bits per heavy atom.